The van der Waals surface area contributed by atoms with Crippen LogP contribution in [0.15, 0.2) is 24.3 Å². The zero-order valence-electron chi connectivity index (χ0n) is 8.49. The summed E-state index contributed by atoms with van der Waals surface area (Å²) in [5.41, 5.74) is 0.766. The highest BCUT2D eigenvalue weighted by atomic mass is 16.5. The summed E-state index contributed by atoms with van der Waals surface area (Å²) >= 11 is 0. The van der Waals surface area contributed by atoms with E-state index in [1.807, 2.05) is 6.07 Å². The van der Waals surface area contributed by atoms with E-state index in [4.69, 9.17) is 9.84 Å². The maximum atomic E-state index is 10.7. The van der Waals surface area contributed by atoms with Gasteiger partial charge in [0.05, 0.1) is 6.61 Å². The molecule has 0 saturated heterocycles. The van der Waals surface area contributed by atoms with E-state index in [9.17, 15) is 4.79 Å². The number of benzene rings is 1. The minimum atomic E-state index is -0.351. The van der Waals surface area contributed by atoms with Crippen molar-refractivity contribution in [2.45, 2.75) is 13.3 Å². The molecular weight excluding hydrogens is 192 g/mol. The summed E-state index contributed by atoms with van der Waals surface area (Å²) in [6.45, 7) is 1.40. The molecule has 1 aromatic rings. The van der Waals surface area contributed by atoms with Crippen LogP contribution in [0.3, 0.4) is 0 Å². The number of carbonyl (C=O) groups excluding carboxylic acids is 1. The predicted molar refractivity (Wildman–Crippen MR) is 56.3 cm³/mol. The van der Waals surface area contributed by atoms with Crippen molar-refractivity contribution in [1.82, 2.24) is 0 Å². The van der Waals surface area contributed by atoms with E-state index in [1.54, 1.807) is 18.2 Å². The second kappa shape index (κ2) is 5.84. The first kappa shape index (κ1) is 11.3. The van der Waals surface area contributed by atoms with Crippen LogP contribution in [-0.4, -0.2) is 17.7 Å². The van der Waals surface area contributed by atoms with Crippen molar-refractivity contribution in [3.63, 3.8) is 0 Å². The Labute approximate surface area is 88.7 Å². The van der Waals surface area contributed by atoms with E-state index in [0.717, 1.165) is 5.56 Å². The van der Waals surface area contributed by atoms with Gasteiger partial charge in [0, 0.05) is 18.9 Å². The number of hydrogen-bond donors (Lipinski definition) is 1. The lowest BCUT2D eigenvalue weighted by Crippen LogP contribution is -2.01. The van der Waals surface area contributed by atoms with E-state index in [0.29, 0.717) is 12.2 Å². The topological polar surface area (TPSA) is 46.5 Å². The molecule has 0 aliphatic carbocycles. The number of esters is 1. The Hall–Kier alpha value is -1.79. The highest BCUT2D eigenvalue weighted by Crippen LogP contribution is 2.12. The summed E-state index contributed by atoms with van der Waals surface area (Å²) in [5.74, 6) is 5.78. The van der Waals surface area contributed by atoms with Crippen LogP contribution >= 0.6 is 0 Å². The third kappa shape index (κ3) is 4.30. The molecule has 0 saturated carbocycles. The Balaban J connectivity index is 2.75. The number of hydrogen-bond acceptors (Lipinski definition) is 3. The molecule has 0 fully saturated rings. The zero-order chi connectivity index (χ0) is 11.1. The average molecular weight is 204 g/mol. The number of aliphatic hydroxyl groups is 1. The number of ether oxygens (including phenoxy) is 1. The lowest BCUT2D eigenvalue weighted by atomic mass is 10.2. The standard InChI is InChI=1S/C12H12O3/c1-10(14)15-12-7-4-6-11(9-12)5-2-3-8-13/h4,6-7,9,13H,3,8H2,1H3. The van der Waals surface area contributed by atoms with E-state index in [-0.39, 0.29) is 12.6 Å². The molecule has 1 aromatic carbocycles. The van der Waals surface area contributed by atoms with Crippen molar-refractivity contribution < 1.29 is 14.6 Å². The van der Waals surface area contributed by atoms with Gasteiger partial charge in [-0.05, 0) is 18.2 Å². The van der Waals surface area contributed by atoms with Crippen LogP contribution in [-0.2, 0) is 4.79 Å². The highest BCUT2D eigenvalue weighted by Gasteiger charge is 1.97. The molecule has 3 nitrogen and oxygen atoms in total. The van der Waals surface area contributed by atoms with Crippen LogP contribution in [0, 0.1) is 11.8 Å². The first-order valence-electron chi connectivity index (χ1n) is 4.60. The van der Waals surface area contributed by atoms with Crippen LogP contribution in [0.2, 0.25) is 0 Å². The summed E-state index contributed by atoms with van der Waals surface area (Å²) in [4.78, 5) is 10.7. The molecular formula is C12H12O3. The second-order valence-corrected chi connectivity index (χ2v) is 2.90. The fraction of sp³-hybridized carbons (Fsp3) is 0.250. The third-order valence-corrected chi connectivity index (χ3v) is 1.57. The molecule has 0 aliphatic heterocycles. The molecule has 0 aliphatic rings. The second-order valence-electron chi connectivity index (χ2n) is 2.90. The molecule has 1 rings (SSSR count). The first-order valence-corrected chi connectivity index (χ1v) is 4.60. The normalized spacial score (nSPS) is 8.93. The van der Waals surface area contributed by atoms with Gasteiger partial charge in [0.1, 0.15) is 5.75 Å². The van der Waals surface area contributed by atoms with E-state index < -0.39 is 0 Å². The summed E-state index contributed by atoms with van der Waals surface area (Å²) in [6.07, 6.45) is 0.442. The molecule has 78 valence electrons. The van der Waals surface area contributed by atoms with Gasteiger partial charge in [0.2, 0.25) is 0 Å². The molecule has 0 spiro atoms. The number of rotatable bonds is 2. The van der Waals surface area contributed by atoms with Gasteiger partial charge in [0.25, 0.3) is 0 Å². The molecule has 0 bridgehead atoms. The van der Waals surface area contributed by atoms with E-state index in [2.05, 4.69) is 11.8 Å². The SMILES string of the molecule is CC(=O)Oc1cccc(C#CCCO)c1. The van der Waals surface area contributed by atoms with Crippen molar-refractivity contribution >= 4 is 5.97 Å². The largest absolute Gasteiger partial charge is 0.427 e. The molecule has 0 atom stereocenters. The highest BCUT2D eigenvalue weighted by molar-refractivity contribution is 5.69. The van der Waals surface area contributed by atoms with Crippen molar-refractivity contribution in [1.29, 1.82) is 0 Å². The average Bonchev–Trinajstić information content (AvgIpc) is 2.18. The Morgan fingerprint density at radius 3 is 3.00 bits per heavy atom. The van der Waals surface area contributed by atoms with Gasteiger partial charge >= 0.3 is 5.97 Å². The number of carbonyl (C=O) groups is 1. The van der Waals surface area contributed by atoms with Crippen LogP contribution in [0.5, 0.6) is 5.75 Å². The number of aliphatic hydroxyl groups excluding tert-OH is 1. The van der Waals surface area contributed by atoms with Crippen LogP contribution < -0.4 is 4.74 Å². The lowest BCUT2D eigenvalue weighted by molar-refractivity contribution is -0.131. The summed E-state index contributed by atoms with van der Waals surface area (Å²) in [7, 11) is 0. The van der Waals surface area contributed by atoms with E-state index >= 15 is 0 Å². The Bertz CT molecular complexity index is 399. The molecule has 0 aromatic heterocycles. The maximum absolute atomic E-state index is 10.7. The maximum Gasteiger partial charge on any atom is 0.308 e. The van der Waals surface area contributed by atoms with Gasteiger partial charge in [-0.15, -0.1) is 0 Å². The van der Waals surface area contributed by atoms with Gasteiger partial charge in [-0.3, -0.25) is 4.79 Å². The van der Waals surface area contributed by atoms with Gasteiger partial charge < -0.3 is 9.84 Å². The molecule has 1 N–H and O–H groups in total. The van der Waals surface area contributed by atoms with Crippen LogP contribution in [0.25, 0.3) is 0 Å². The van der Waals surface area contributed by atoms with Crippen molar-refractivity contribution in [2.24, 2.45) is 0 Å². The molecule has 0 unspecified atom stereocenters. The van der Waals surface area contributed by atoms with Crippen LogP contribution in [0.1, 0.15) is 18.9 Å². The fourth-order valence-electron chi connectivity index (χ4n) is 1.02. The minimum Gasteiger partial charge on any atom is -0.427 e. The quantitative estimate of drug-likeness (QED) is 0.449. The fourth-order valence-corrected chi connectivity index (χ4v) is 1.02. The summed E-state index contributed by atoms with van der Waals surface area (Å²) in [6, 6.07) is 6.96. The molecule has 15 heavy (non-hydrogen) atoms. The summed E-state index contributed by atoms with van der Waals surface area (Å²) in [5, 5.41) is 8.55. The smallest absolute Gasteiger partial charge is 0.308 e. The van der Waals surface area contributed by atoms with Crippen LogP contribution in [0.4, 0.5) is 0 Å². The Morgan fingerprint density at radius 2 is 2.33 bits per heavy atom. The van der Waals surface area contributed by atoms with Crippen molar-refractivity contribution in [3.05, 3.63) is 29.8 Å². The Morgan fingerprint density at radius 1 is 1.53 bits per heavy atom. The van der Waals surface area contributed by atoms with E-state index in [1.165, 1.54) is 6.92 Å². The minimum absolute atomic E-state index is 0.0522. The molecule has 0 heterocycles. The first-order chi connectivity index (χ1) is 7.22. The Kier molecular flexibility index (Phi) is 4.39. The van der Waals surface area contributed by atoms with Gasteiger partial charge in [-0.25, -0.2) is 0 Å². The predicted octanol–water partition coefficient (Wildman–Crippen LogP) is 1.35. The van der Waals surface area contributed by atoms with Gasteiger partial charge in [-0.1, -0.05) is 17.9 Å². The molecule has 0 radical (unpaired) electrons. The van der Waals surface area contributed by atoms with Crippen molar-refractivity contribution in [2.75, 3.05) is 6.61 Å². The zero-order valence-corrected chi connectivity index (χ0v) is 8.49. The molecule has 0 amide bonds. The van der Waals surface area contributed by atoms with Gasteiger partial charge in [-0.2, -0.15) is 0 Å². The summed E-state index contributed by atoms with van der Waals surface area (Å²) < 4.78 is 4.91. The van der Waals surface area contributed by atoms with Crippen molar-refractivity contribution in [3.8, 4) is 17.6 Å². The monoisotopic (exact) mass is 204 g/mol. The van der Waals surface area contributed by atoms with Gasteiger partial charge in [0.15, 0.2) is 0 Å². The lowest BCUT2D eigenvalue weighted by Gasteiger charge is -2.00. The molecule has 3 heteroatoms. The third-order valence-electron chi connectivity index (χ3n) is 1.57.